The molecule has 3 rings (SSSR count). The van der Waals surface area contributed by atoms with Crippen LogP contribution in [0.1, 0.15) is 76.8 Å². The van der Waals surface area contributed by atoms with Gasteiger partial charge < -0.3 is 9.16 Å². The van der Waals surface area contributed by atoms with E-state index >= 15 is 0 Å². The van der Waals surface area contributed by atoms with E-state index in [0.29, 0.717) is 11.8 Å². The van der Waals surface area contributed by atoms with Crippen LogP contribution < -0.4 is 9.16 Å². The van der Waals surface area contributed by atoms with E-state index in [-0.39, 0.29) is 5.60 Å². The lowest BCUT2D eigenvalue weighted by molar-refractivity contribution is 0.0110. The van der Waals surface area contributed by atoms with Crippen molar-refractivity contribution in [1.29, 1.82) is 0 Å². The molecule has 0 amide bonds. The molecule has 1 aliphatic heterocycles. The fourth-order valence-electron chi connectivity index (χ4n) is 4.70. The molecule has 150 valence electrons. The highest BCUT2D eigenvalue weighted by atomic mass is 28.4. The minimum absolute atomic E-state index is 0.132. The van der Waals surface area contributed by atoms with Crippen LogP contribution in [0.3, 0.4) is 0 Å². The van der Waals surface area contributed by atoms with Crippen LogP contribution in [-0.4, -0.2) is 13.9 Å². The number of aryl methyl sites for hydroxylation is 1. The van der Waals surface area contributed by atoms with Gasteiger partial charge in [0, 0.05) is 17.4 Å². The SMILES string of the molecule is CCCCCc1cc2c(c(O[Si](C)(C)C)c1)C1C=C(C)CC[C@H]1C(C)(C)O2. The Morgan fingerprint density at radius 2 is 1.93 bits per heavy atom. The quantitative estimate of drug-likeness (QED) is 0.291. The largest absolute Gasteiger partial charge is 0.544 e. The van der Waals surface area contributed by atoms with Gasteiger partial charge in [-0.1, -0.05) is 31.4 Å². The van der Waals surface area contributed by atoms with Crippen molar-refractivity contribution in [2.45, 2.75) is 97.4 Å². The molecular formula is C24H38O2Si. The summed E-state index contributed by atoms with van der Waals surface area (Å²) >= 11 is 0. The molecule has 1 unspecified atom stereocenters. The highest BCUT2D eigenvalue weighted by Gasteiger charge is 2.45. The summed E-state index contributed by atoms with van der Waals surface area (Å²) in [6.07, 6.45) is 9.74. The average Bonchev–Trinajstić information content (AvgIpc) is 2.52. The number of ether oxygens (including phenoxy) is 1. The molecule has 0 aromatic heterocycles. The Hall–Kier alpha value is -1.22. The van der Waals surface area contributed by atoms with E-state index in [1.807, 2.05) is 0 Å². The fourth-order valence-corrected chi connectivity index (χ4v) is 5.53. The summed E-state index contributed by atoms with van der Waals surface area (Å²) in [5, 5.41) is 0. The first kappa shape index (κ1) is 20.5. The van der Waals surface area contributed by atoms with E-state index in [1.165, 1.54) is 48.8 Å². The van der Waals surface area contributed by atoms with Crippen molar-refractivity contribution in [2.75, 3.05) is 0 Å². The van der Waals surface area contributed by atoms with Gasteiger partial charge in [0.25, 0.3) is 0 Å². The lowest BCUT2D eigenvalue weighted by Gasteiger charge is -2.47. The molecule has 3 heteroatoms. The van der Waals surface area contributed by atoms with Crippen LogP contribution in [-0.2, 0) is 6.42 Å². The Kier molecular flexibility index (Phi) is 5.81. The second kappa shape index (κ2) is 7.65. The van der Waals surface area contributed by atoms with Crippen molar-refractivity contribution in [3.8, 4) is 11.5 Å². The number of rotatable bonds is 6. The van der Waals surface area contributed by atoms with E-state index in [1.54, 1.807) is 0 Å². The lowest BCUT2D eigenvalue weighted by atomic mass is 9.68. The normalized spacial score (nSPS) is 23.7. The smallest absolute Gasteiger partial charge is 0.242 e. The zero-order valence-electron chi connectivity index (χ0n) is 18.4. The van der Waals surface area contributed by atoms with Crippen molar-refractivity contribution < 1.29 is 9.16 Å². The van der Waals surface area contributed by atoms with Crippen molar-refractivity contribution in [2.24, 2.45) is 5.92 Å². The van der Waals surface area contributed by atoms with Crippen LogP contribution >= 0.6 is 0 Å². The third-order valence-corrected chi connectivity index (χ3v) is 6.83. The standard InChI is InChI=1S/C24H38O2Si/c1-8-9-10-11-18-15-21-23(22(16-18)26-27(5,6)7)19-14-17(2)12-13-20(19)24(3,4)25-21/h14-16,19-20H,8-13H2,1-7H3/t19?,20-/m1/s1. The maximum absolute atomic E-state index is 6.63. The summed E-state index contributed by atoms with van der Waals surface area (Å²) in [5.74, 6) is 3.08. The van der Waals surface area contributed by atoms with Crippen LogP contribution in [0.4, 0.5) is 0 Å². The summed E-state index contributed by atoms with van der Waals surface area (Å²) in [6, 6.07) is 4.63. The number of fused-ring (bicyclic) bond motifs is 3. The van der Waals surface area contributed by atoms with Gasteiger partial charge in [-0.15, -0.1) is 0 Å². The van der Waals surface area contributed by atoms with Crippen molar-refractivity contribution in [3.63, 3.8) is 0 Å². The molecule has 2 aliphatic rings. The highest BCUT2D eigenvalue weighted by Crippen LogP contribution is 2.54. The first-order chi connectivity index (χ1) is 12.6. The molecule has 0 saturated heterocycles. The van der Waals surface area contributed by atoms with Crippen molar-refractivity contribution in [3.05, 3.63) is 34.9 Å². The molecule has 0 saturated carbocycles. The molecule has 2 atom stereocenters. The summed E-state index contributed by atoms with van der Waals surface area (Å²) in [5.41, 5.74) is 4.04. The number of benzene rings is 1. The predicted molar refractivity (Wildman–Crippen MR) is 118 cm³/mol. The van der Waals surface area contributed by atoms with E-state index in [9.17, 15) is 0 Å². The molecular weight excluding hydrogens is 348 g/mol. The average molecular weight is 387 g/mol. The Balaban J connectivity index is 2.09. The molecule has 0 fully saturated rings. The van der Waals surface area contributed by atoms with Crippen LogP contribution in [0.25, 0.3) is 0 Å². The topological polar surface area (TPSA) is 18.5 Å². The third kappa shape index (κ3) is 4.61. The van der Waals surface area contributed by atoms with Gasteiger partial charge in [0.1, 0.15) is 17.1 Å². The summed E-state index contributed by atoms with van der Waals surface area (Å²) in [6.45, 7) is 15.9. The van der Waals surface area contributed by atoms with Gasteiger partial charge >= 0.3 is 0 Å². The second-order valence-electron chi connectivity index (χ2n) is 10.1. The lowest BCUT2D eigenvalue weighted by Crippen LogP contribution is -2.45. The maximum atomic E-state index is 6.63. The maximum Gasteiger partial charge on any atom is 0.242 e. The van der Waals surface area contributed by atoms with Crippen LogP contribution in [0.15, 0.2) is 23.8 Å². The van der Waals surface area contributed by atoms with Gasteiger partial charge in [0.05, 0.1) is 0 Å². The van der Waals surface area contributed by atoms with Crippen LogP contribution in [0.2, 0.25) is 19.6 Å². The first-order valence-corrected chi connectivity index (χ1v) is 14.2. The Morgan fingerprint density at radius 3 is 2.59 bits per heavy atom. The number of hydrogen-bond acceptors (Lipinski definition) is 2. The van der Waals surface area contributed by atoms with Gasteiger partial charge in [-0.2, -0.15) is 0 Å². The summed E-state index contributed by atoms with van der Waals surface area (Å²) in [4.78, 5) is 0. The van der Waals surface area contributed by atoms with E-state index in [0.717, 1.165) is 17.9 Å². The molecule has 0 N–H and O–H groups in total. The molecule has 0 radical (unpaired) electrons. The molecule has 1 aliphatic carbocycles. The summed E-state index contributed by atoms with van der Waals surface area (Å²) in [7, 11) is -1.70. The Bertz CT molecular complexity index is 712. The first-order valence-electron chi connectivity index (χ1n) is 10.8. The molecule has 1 heterocycles. The van der Waals surface area contributed by atoms with Crippen LogP contribution in [0.5, 0.6) is 11.5 Å². The minimum atomic E-state index is -1.70. The van der Waals surface area contributed by atoms with Gasteiger partial charge in [-0.25, -0.2) is 0 Å². The van der Waals surface area contributed by atoms with Crippen molar-refractivity contribution >= 4 is 8.32 Å². The number of unbranched alkanes of at least 4 members (excludes halogenated alkanes) is 2. The molecule has 1 aromatic rings. The summed E-state index contributed by atoms with van der Waals surface area (Å²) < 4.78 is 13.3. The van der Waals surface area contributed by atoms with E-state index in [4.69, 9.17) is 9.16 Å². The minimum Gasteiger partial charge on any atom is -0.544 e. The second-order valence-corrected chi connectivity index (χ2v) is 14.5. The zero-order chi connectivity index (χ0) is 19.8. The highest BCUT2D eigenvalue weighted by molar-refractivity contribution is 6.70. The molecule has 0 bridgehead atoms. The fraction of sp³-hybridized carbons (Fsp3) is 0.667. The molecule has 1 aromatic carbocycles. The number of allylic oxidation sites excluding steroid dienone is 2. The van der Waals surface area contributed by atoms with Gasteiger partial charge in [-0.3, -0.25) is 0 Å². The monoisotopic (exact) mass is 386 g/mol. The molecule has 27 heavy (non-hydrogen) atoms. The Morgan fingerprint density at radius 1 is 1.19 bits per heavy atom. The van der Waals surface area contributed by atoms with Crippen molar-refractivity contribution in [1.82, 2.24) is 0 Å². The van der Waals surface area contributed by atoms with Gasteiger partial charge in [-0.05, 0) is 83.8 Å². The molecule has 2 nitrogen and oxygen atoms in total. The molecule has 0 spiro atoms. The van der Waals surface area contributed by atoms with Gasteiger partial charge in [0.2, 0.25) is 8.32 Å². The van der Waals surface area contributed by atoms with Crippen LogP contribution in [0, 0.1) is 5.92 Å². The Labute approximate surface area is 167 Å². The van der Waals surface area contributed by atoms with E-state index < -0.39 is 8.32 Å². The van der Waals surface area contributed by atoms with E-state index in [2.05, 4.69) is 65.5 Å². The third-order valence-electron chi connectivity index (χ3n) is 6.00. The zero-order valence-corrected chi connectivity index (χ0v) is 19.4. The van der Waals surface area contributed by atoms with Gasteiger partial charge in [0.15, 0.2) is 0 Å². The predicted octanol–water partition coefficient (Wildman–Crippen LogP) is 7.24. The number of hydrogen-bond donors (Lipinski definition) is 0.